The van der Waals surface area contributed by atoms with Crippen molar-refractivity contribution in [2.45, 2.75) is 36.9 Å². The second-order valence-electron chi connectivity index (χ2n) is 12.7. The molecule has 0 aliphatic carbocycles. The van der Waals surface area contributed by atoms with Crippen molar-refractivity contribution >= 4 is 46.0 Å². The summed E-state index contributed by atoms with van der Waals surface area (Å²) in [5.41, 5.74) is -2.97. The number of anilines is 2. The number of aromatic nitrogens is 1. The molecule has 1 aromatic heterocycles. The Balaban J connectivity index is 1.54. The normalized spacial score (nSPS) is 21.4. The van der Waals surface area contributed by atoms with Gasteiger partial charge in [0.1, 0.15) is 11.2 Å². The zero-order chi connectivity index (χ0) is 35.0. The topological polar surface area (TPSA) is 121 Å². The van der Waals surface area contributed by atoms with Crippen molar-refractivity contribution in [1.82, 2.24) is 10.3 Å². The predicted molar refractivity (Wildman–Crippen MR) is 183 cm³/mol. The molecular formula is C39H33FN4O6. The highest BCUT2D eigenvalue weighted by Gasteiger charge is 2.80. The number of aromatic amines is 1. The average Bonchev–Trinajstić information content (AvgIpc) is 3.70. The van der Waals surface area contributed by atoms with Crippen LogP contribution in [0.15, 0.2) is 97.1 Å². The Bertz CT molecular complexity index is 2230. The monoisotopic (exact) mass is 672 g/mol. The lowest BCUT2D eigenvalue weighted by Crippen LogP contribution is -2.81. The van der Waals surface area contributed by atoms with E-state index in [1.54, 1.807) is 92.5 Å². The van der Waals surface area contributed by atoms with E-state index >= 15 is 9.59 Å². The van der Waals surface area contributed by atoms with Crippen LogP contribution in [0.1, 0.15) is 41.8 Å². The molecule has 11 heteroatoms. The first-order valence-corrected chi connectivity index (χ1v) is 16.5. The quantitative estimate of drug-likeness (QED) is 0.196. The second kappa shape index (κ2) is 11.1. The maximum Gasteiger partial charge on any atom is 0.340 e. The highest BCUT2D eigenvalue weighted by atomic mass is 19.1. The molecule has 4 heterocycles. The van der Waals surface area contributed by atoms with Gasteiger partial charge in [-0.1, -0.05) is 66.7 Å². The number of fused-ring (bicyclic) bond motifs is 9. The van der Waals surface area contributed by atoms with Crippen LogP contribution in [-0.2, 0) is 46.2 Å². The number of hydrogen-bond acceptors (Lipinski definition) is 7. The third-order valence-electron chi connectivity index (χ3n) is 10.3. The van der Waals surface area contributed by atoms with E-state index in [2.05, 4.69) is 10.3 Å². The van der Waals surface area contributed by atoms with Crippen LogP contribution in [-0.4, -0.2) is 54.5 Å². The van der Waals surface area contributed by atoms with Crippen LogP contribution in [0.5, 0.6) is 0 Å². The molecule has 3 aliphatic heterocycles. The number of ether oxygens (including phenoxy) is 2. The first kappa shape index (κ1) is 31.5. The van der Waals surface area contributed by atoms with Crippen molar-refractivity contribution < 1.29 is 33.0 Å². The van der Waals surface area contributed by atoms with E-state index < -0.39 is 46.1 Å². The molecule has 0 fully saturated rings. The summed E-state index contributed by atoms with van der Waals surface area (Å²) < 4.78 is 25.4. The fourth-order valence-electron chi connectivity index (χ4n) is 8.32. The maximum atomic E-state index is 15.5. The summed E-state index contributed by atoms with van der Waals surface area (Å²) in [6.45, 7) is 3.01. The number of esters is 2. The lowest BCUT2D eigenvalue weighted by molar-refractivity contribution is -0.174. The summed E-state index contributed by atoms with van der Waals surface area (Å²) in [5, 5.41) is 3.85. The van der Waals surface area contributed by atoms with Crippen molar-refractivity contribution in [3.63, 3.8) is 0 Å². The lowest BCUT2D eigenvalue weighted by Gasteiger charge is -2.52. The molecule has 8 rings (SSSR count). The summed E-state index contributed by atoms with van der Waals surface area (Å²) in [6, 6.07) is 27.2. The smallest absolute Gasteiger partial charge is 0.340 e. The van der Waals surface area contributed by atoms with Gasteiger partial charge in [0.25, 0.3) is 5.91 Å². The molecular weight excluding hydrogens is 639 g/mol. The SMILES string of the molecule is CCOC(=O)C1(C(=O)OCC)N[C@@]2(C(=O)N(Cc3ccc(F)cc3)c3ccccc32)c2[nH]c3ccccc3c2[C@]12C(=O)N(C)c1ccccc12. The minimum absolute atomic E-state index is 0.0522. The highest BCUT2D eigenvalue weighted by Crippen LogP contribution is 2.62. The number of nitrogens with zero attached hydrogens (tertiary/aromatic N) is 2. The third-order valence-corrected chi connectivity index (χ3v) is 10.3. The number of benzene rings is 4. The van der Waals surface area contributed by atoms with Crippen LogP contribution < -0.4 is 15.1 Å². The van der Waals surface area contributed by atoms with Crippen molar-refractivity contribution in [3.8, 4) is 0 Å². The van der Waals surface area contributed by atoms with Crippen LogP contribution in [0, 0.1) is 5.82 Å². The van der Waals surface area contributed by atoms with E-state index in [0.717, 1.165) is 0 Å². The van der Waals surface area contributed by atoms with E-state index in [0.29, 0.717) is 50.2 Å². The number of halogens is 1. The number of likely N-dealkylation sites (N-methyl/N-ethyl adjacent to an activating group) is 1. The van der Waals surface area contributed by atoms with E-state index in [1.165, 1.54) is 17.0 Å². The molecule has 2 amide bonds. The van der Waals surface area contributed by atoms with Crippen molar-refractivity contribution in [2.75, 3.05) is 30.1 Å². The molecule has 2 spiro atoms. The molecule has 0 unspecified atom stereocenters. The Morgan fingerprint density at radius 3 is 2.04 bits per heavy atom. The number of amides is 2. The first-order valence-electron chi connectivity index (χ1n) is 16.5. The molecule has 0 saturated carbocycles. The van der Waals surface area contributed by atoms with E-state index in [4.69, 9.17) is 9.47 Å². The van der Waals surface area contributed by atoms with Crippen LogP contribution in [0.4, 0.5) is 15.8 Å². The third kappa shape index (κ3) is 3.75. The molecule has 2 atom stereocenters. The molecule has 5 aromatic rings. The number of H-pyrrole nitrogens is 1. The minimum Gasteiger partial charge on any atom is -0.464 e. The van der Waals surface area contributed by atoms with Gasteiger partial charge in [0.05, 0.1) is 31.1 Å². The van der Waals surface area contributed by atoms with Crippen LogP contribution in [0.2, 0.25) is 0 Å². The van der Waals surface area contributed by atoms with Crippen LogP contribution in [0.3, 0.4) is 0 Å². The molecule has 10 nitrogen and oxygen atoms in total. The first-order chi connectivity index (χ1) is 24.2. The second-order valence-corrected chi connectivity index (χ2v) is 12.7. The van der Waals surface area contributed by atoms with E-state index in [9.17, 15) is 14.0 Å². The van der Waals surface area contributed by atoms with E-state index in [1.807, 2.05) is 18.2 Å². The van der Waals surface area contributed by atoms with Gasteiger partial charge in [0.2, 0.25) is 11.4 Å². The number of para-hydroxylation sites is 3. The van der Waals surface area contributed by atoms with Crippen LogP contribution in [0.25, 0.3) is 10.9 Å². The molecule has 0 radical (unpaired) electrons. The van der Waals surface area contributed by atoms with Crippen molar-refractivity contribution in [2.24, 2.45) is 0 Å². The minimum atomic E-state index is -2.61. The zero-order valence-electron chi connectivity index (χ0n) is 27.6. The van der Waals surface area contributed by atoms with E-state index in [-0.39, 0.29) is 19.8 Å². The van der Waals surface area contributed by atoms with Crippen molar-refractivity contribution in [1.29, 1.82) is 0 Å². The Hall–Kier alpha value is -5.81. The summed E-state index contributed by atoms with van der Waals surface area (Å²) in [6.07, 6.45) is 0. The number of carbonyl (C=O) groups excluding carboxylic acids is 4. The average molecular weight is 673 g/mol. The fraction of sp³-hybridized carbons (Fsp3) is 0.231. The molecule has 0 saturated heterocycles. The molecule has 3 aliphatic rings. The van der Waals surface area contributed by atoms with Crippen molar-refractivity contribution in [3.05, 3.63) is 131 Å². The summed E-state index contributed by atoms with van der Waals surface area (Å²) in [7, 11) is 1.59. The summed E-state index contributed by atoms with van der Waals surface area (Å²) in [5.74, 6) is -3.63. The molecule has 4 aromatic carbocycles. The number of nitrogens with one attached hydrogen (secondary N) is 2. The molecule has 2 N–H and O–H groups in total. The van der Waals surface area contributed by atoms with Gasteiger partial charge in [-0.3, -0.25) is 14.9 Å². The summed E-state index contributed by atoms with van der Waals surface area (Å²) >= 11 is 0. The fourth-order valence-corrected chi connectivity index (χ4v) is 8.32. The van der Waals surface area contributed by atoms with Crippen LogP contribution >= 0.6 is 0 Å². The number of rotatable bonds is 6. The Kier molecular flexibility index (Phi) is 6.99. The Morgan fingerprint density at radius 1 is 0.760 bits per heavy atom. The van der Waals surface area contributed by atoms with Gasteiger partial charge < -0.3 is 24.3 Å². The zero-order valence-corrected chi connectivity index (χ0v) is 27.6. The highest BCUT2D eigenvalue weighted by molar-refractivity contribution is 6.25. The lowest BCUT2D eigenvalue weighted by atomic mass is 9.55. The molecule has 50 heavy (non-hydrogen) atoms. The molecule has 0 bridgehead atoms. The predicted octanol–water partition coefficient (Wildman–Crippen LogP) is 4.83. The van der Waals surface area contributed by atoms with Gasteiger partial charge >= 0.3 is 11.9 Å². The van der Waals surface area contributed by atoms with Gasteiger partial charge in [0.15, 0.2) is 5.54 Å². The van der Waals surface area contributed by atoms with Gasteiger partial charge in [-0.25, -0.2) is 14.0 Å². The maximum absolute atomic E-state index is 15.5. The number of hydrogen-bond donors (Lipinski definition) is 2. The van der Waals surface area contributed by atoms with Gasteiger partial charge in [-0.15, -0.1) is 0 Å². The molecule has 252 valence electrons. The van der Waals surface area contributed by atoms with Gasteiger partial charge in [-0.2, -0.15) is 0 Å². The van der Waals surface area contributed by atoms with Gasteiger partial charge in [0, 0.05) is 34.8 Å². The standard InChI is InChI=1S/C39H33FN4O6/c1-4-49-35(47)39(36(48)50-5-2)37(26-13-7-10-16-29(26)43(3)33(37)45)31-25-12-6-9-15-28(25)41-32(31)38(42-39)27-14-8-11-17-30(27)44(34(38)46)22-23-18-20-24(40)21-19-23/h6-21,41-42H,4-5,22H2,1-3H3/t37-,38-/m1/s1. The van der Waals surface area contributed by atoms with Gasteiger partial charge in [-0.05, 0) is 55.3 Å². The largest absolute Gasteiger partial charge is 0.464 e. The Labute approximate surface area is 286 Å². The Morgan fingerprint density at radius 2 is 1.36 bits per heavy atom. The summed E-state index contributed by atoms with van der Waals surface area (Å²) in [4.78, 5) is 67.1. The number of carbonyl (C=O) groups is 4.